The number of halogens is 2. The molecule has 3 nitrogen and oxygen atoms in total. The van der Waals surface area contributed by atoms with Crippen LogP contribution in [0.25, 0.3) is 11.0 Å². The molecular formula is C12H9Cl2N3S. The SMILES string of the molecule is ClCc1nc2ccc(Cl)cc2n1Cc1cscn1. The normalized spacial score (nSPS) is 11.2. The lowest BCUT2D eigenvalue weighted by Gasteiger charge is -2.05. The molecule has 2 heterocycles. The standard InChI is InChI=1S/C12H9Cl2N3S/c13-4-12-16-10-2-1-8(14)3-11(10)17(12)5-9-6-18-7-15-9/h1-3,6-7H,4-5H2. The summed E-state index contributed by atoms with van der Waals surface area (Å²) in [5.74, 6) is 1.21. The first-order valence-corrected chi connectivity index (χ1v) is 7.21. The summed E-state index contributed by atoms with van der Waals surface area (Å²) in [6.45, 7) is 0.669. The lowest BCUT2D eigenvalue weighted by molar-refractivity contribution is 0.763. The maximum atomic E-state index is 6.04. The van der Waals surface area contributed by atoms with Crippen LogP contribution in [0.15, 0.2) is 29.1 Å². The maximum Gasteiger partial charge on any atom is 0.125 e. The zero-order valence-corrected chi connectivity index (χ0v) is 11.6. The molecule has 0 aliphatic heterocycles. The first-order chi connectivity index (χ1) is 8.78. The minimum absolute atomic E-state index is 0.371. The number of imidazole rings is 1. The molecule has 0 atom stereocenters. The fraction of sp³-hybridized carbons (Fsp3) is 0.167. The van der Waals surface area contributed by atoms with Gasteiger partial charge >= 0.3 is 0 Å². The van der Waals surface area contributed by atoms with Gasteiger partial charge in [-0.2, -0.15) is 0 Å². The second-order valence-corrected chi connectivity index (χ2v) is 5.28. The Morgan fingerprint density at radius 3 is 2.94 bits per heavy atom. The van der Waals surface area contributed by atoms with E-state index >= 15 is 0 Å². The van der Waals surface area contributed by atoms with Gasteiger partial charge in [-0.1, -0.05) is 11.6 Å². The molecule has 0 saturated heterocycles. The summed E-state index contributed by atoms with van der Waals surface area (Å²) in [6.07, 6.45) is 0. The highest BCUT2D eigenvalue weighted by atomic mass is 35.5. The largest absolute Gasteiger partial charge is 0.321 e. The predicted octanol–water partition coefficient (Wildman–Crippen LogP) is 3.93. The van der Waals surface area contributed by atoms with Crippen LogP contribution in [0.5, 0.6) is 0 Å². The van der Waals surface area contributed by atoms with Gasteiger partial charge in [0, 0.05) is 10.4 Å². The molecule has 18 heavy (non-hydrogen) atoms. The molecule has 0 saturated carbocycles. The molecule has 0 spiro atoms. The lowest BCUT2D eigenvalue weighted by atomic mass is 10.3. The first kappa shape index (κ1) is 12.0. The smallest absolute Gasteiger partial charge is 0.125 e. The maximum absolute atomic E-state index is 6.04. The Kier molecular flexibility index (Phi) is 3.24. The third-order valence-electron chi connectivity index (χ3n) is 2.71. The highest BCUT2D eigenvalue weighted by Crippen LogP contribution is 2.22. The molecule has 0 aliphatic carbocycles. The van der Waals surface area contributed by atoms with Crippen molar-refractivity contribution in [3.63, 3.8) is 0 Å². The van der Waals surface area contributed by atoms with E-state index in [0.29, 0.717) is 17.4 Å². The zero-order chi connectivity index (χ0) is 12.5. The number of rotatable bonds is 3. The Morgan fingerprint density at radius 2 is 2.22 bits per heavy atom. The number of hydrogen-bond donors (Lipinski definition) is 0. The number of nitrogens with zero attached hydrogens (tertiary/aromatic N) is 3. The van der Waals surface area contributed by atoms with Crippen LogP contribution in [0, 0.1) is 0 Å². The van der Waals surface area contributed by atoms with Crippen molar-refractivity contribution in [2.45, 2.75) is 12.4 Å². The fourth-order valence-electron chi connectivity index (χ4n) is 1.90. The number of aromatic nitrogens is 3. The molecule has 2 aromatic heterocycles. The minimum Gasteiger partial charge on any atom is -0.321 e. The Morgan fingerprint density at radius 1 is 1.33 bits per heavy atom. The quantitative estimate of drug-likeness (QED) is 0.686. The van der Waals surface area contributed by atoms with Crippen molar-refractivity contribution in [1.82, 2.24) is 14.5 Å². The van der Waals surface area contributed by atoms with Crippen LogP contribution in [-0.2, 0) is 12.4 Å². The van der Waals surface area contributed by atoms with Gasteiger partial charge in [-0.25, -0.2) is 9.97 Å². The summed E-state index contributed by atoms with van der Waals surface area (Å²) in [7, 11) is 0. The van der Waals surface area contributed by atoms with Crippen molar-refractivity contribution in [3.8, 4) is 0 Å². The molecule has 6 heteroatoms. The van der Waals surface area contributed by atoms with Crippen molar-refractivity contribution >= 4 is 45.6 Å². The van der Waals surface area contributed by atoms with Crippen molar-refractivity contribution in [3.05, 3.63) is 45.6 Å². The van der Waals surface area contributed by atoms with Crippen molar-refractivity contribution in [1.29, 1.82) is 0 Å². The van der Waals surface area contributed by atoms with Gasteiger partial charge in [0.25, 0.3) is 0 Å². The topological polar surface area (TPSA) is 30.7 Å². The minimum atomic E-state index is 0.371. The predicted molar refractivity (Wildman–Crippen MR) is 75.5 cm³/mol. The van der Waals surface area contributed by atoms with E-state index in [9.17, 15) is 0 Å². The van der Waals surface area contributed by atoms with E-state index in [2.05, 4.69) is 14.5 Å². The molecule has 0 unspecified atom stereocenters. The molecule has 0 amide bonds. The first-order valence-electron chi connectivity index (χ1n) is 5.35. The monoisotopic (exact) mass is 297 g/mol. The molecule has 3 aromatic rings. The van der Waals surface area contributed by atoms with Crippen LogP contribution >= 0.6 is 34.5 Å². The summed E-state index contributed by atoms with van der Waals surface area (Å²) in [6, 6.07) is 5.65. The van der Waals surface area contributed by atoms with Gasteiger partial charge < -0.3 is 4.57 Å². The van der Waals surface area contributed by atoms with E-state index in [-0.39, 0.29) is 0 Å². The Bertz CT molecular complexity index is 676. The van der Waals surface area contributed by atoms with Crippen LogP contribution in [0.2, 0.25) is 5.02 Å². The van der Waals surface area contributed by atoms with Crippen LogP contribution in [-0.4, -0.2) is 14.5 Å². The second-order valence-electron chi connectivity index (χ2n) is 3.86. The molecule has 92 valence electrons. The van der Waals surface area contributed by atoms with Gasteiger partial charge in [0.05, 0.1) is 34.7 Å². The summed E-state index contributed by atoms with van der Waals surface area (Å²) in [4.78, 5) is 8.79. The third kappa shape index (κ3) is 2.11. The van der Waals surface area contributed by atoms with Gasteiger partial charge in [0.2, 0.25) is 0 Å². The van der Waals surface area contributed by atoms with Gasteiger partial charge in [-0.15, -0.1) is 22.9 Å². The van der Waals surface area contributed by atoms with E-state index in [0.717, 1.165) is 22.6 Å². The van der Waals surface area contributed by atoms with E-state index in [1.165, 1.54) is 0 Å². The second kappa shape index (κ2) is 4.88. The van der Waals surface area contributed by atoms with Gasteiger partial charge in [-0.3, -0.25) is 0 Å². The van der Waals surface area contributed by atoms with E-state index < -0.39 is 0 Å². The number of alkyl halides is 1. The zero-order valence-electron chi connectivity index (χ0n) is 9.31. The molecule has 0 N–H and O–H groups in total. The van der Waals surface area contributed by atoms with Gasteiger partial charge in [-0.05, 0) is 18.2 Å². The van der Waals surface area contributed by atoms with Crippen LogP contribution in [0.3, 0.4) is 0 Å². The average Bonchev–Trinajstić information content (AvgIpc) is 2.98. The van der Waals surface area contributed by atoms with Crippen molar-refractivity contribution in [2.75, 3.05) is 0 Å². The molecule has 0 fully saturated rings. The number of hydrogen-bond acceptors (Lipinski definition) is 3. The molecular weight excluding hydrogens is 289 g/mol. The third-order valence-corrected chi connectivity index (χ3v) is 3.82. The van der Waals surface area contributed by atoms with Gasteiger partial charge in [0.1, 0.15) is 5.82 Å². The highest BCUT2D eigenvalue weighted by molar-refractivity contribution is 7.07. The Hall–Kier alpha value is -1.10. The van der Waals surface area contributed by atoms with Crippen LogP contribution in [0.1, 0.15) is 11.5 Å². The Balaban J connectivity index is 2.15. The van der Waals surface area contributed by atoms with E-state index in [4.69, 9.17) is 23.2 Å². The summed E-state index contributed by atoms with van der Waals surface area (Å²) >= 11 is 13.6. The van der Waals surface area contributed by atoms with Gasteiger partial charge in [0.15, 0.2) is 0 Å². The molecule has 0 aliphatic rings. The molecule has 1 aromatic carbocycles. The van der Waals surface area contributed by atoms with E-state index in [1.807, 2.05) is 29.1 Å². The number of benzene rings is 1. The number of thiazole rings is 1. The molecule has 0 radical (unpaired) electrons. The fourth-order valence-corrected chi connectivity index (χ4v) is 2.82. The summed E-state index contributed by atoms with van der Waals surface area (Å²) in [5.41, 5.74) is 4.73. The summed E-state index contributed by atoms with van der Waals surface area (Å²) < 4.78 is 2.06. The summed E-state index contributed by atoms with van der Waals surface area (Å²) in [5, 5.41) is 2.72. The molecule has 0 bridgehead atoms. The molecule has 3 rings (SSSR count). The lowest BCUT2D eigenvalue weighted by Crippen LogP contribution is -2.03. The van der Waals surface area contributed by atoms with Crippen LogP contribution < -0.4 is 0 Å². The van der Waals surface area contributed by atoms with Crippen molar-refractivity contribution < 1.29 is 0 Å². The average molecular weight is 298 g/mol. The number of fused-ring (bicyclic) bond motifs is 1. The van der Waals surface area contributed by atoms with Crippen molar-refractivity contribution in [2.24, 2.45) is 0 Å². The van der Waals surface area contributed by atoms with Crippen LogP contribution in [0.4, 0.5) is 0 Å². The van der Waals surface area contributed by atoms with E-state index in [1.54, 1.807) is 11.3 Å². The highest BCUT2D eigenvalue weighted by Gasteiger charge is 2.11. The Labute approximate surface area is 118 Å².